The Morgan fingerprint density at radius 2 is 2.00 bits per heavy atom. The van der Waals surface area contributed by atoms with Crippen LogP contribution in [0.4, 0.5) is 4.79 Å². The van der Waals surface area contributed by atoms with Gasteiger partial charge in [0, 0.05) is 6.54 Å². The molecule has 3 amide bonds. The smallest absolute Gasteiger partial charge is 0.337 e. The van der Waals surface area contributed by atoms with Crippen molar-refractivity contribution in [3.8, 4) is 5.75 Å². The van der Waals surface area contributed by atoms with E-state index in [2.05, 4.69) is 15.4 Å². The van der Waals surface area contributed by atoms with Gasteiger partial charge in [-0.25, -0.2) is 9.59 Å². The average Bonchev–Trinajstić information content (AvgIpc) is 2.44. The summed E-state index contributed by atoms with van der Waals surface area (Å²) >= 11 is 0. The topological polar surface area (TPSA) is 93.7 Å². The highest BCUT2D eigenvalue weighted by Crippen LogP contribution is 2.13. The summed E-state index contributed by atoms with van der Waals surface area (Å²) in [5.41, 5.74) is 0.314. The Morgan fingerprint density at radius 1 is 1.25 bits per heavy atom. The summed E-state index contributed by atoms with van der Waals surface area (Å²) in [6.07, 6.45) is 0. The Hall–Kier alpha value is -2.57. The van der Waals surface area contributed by atoms with Gasteiger partial charge in [0.2, 0.25) is 0 Å². The average molecular weight is 280 g/mol. The second-order valence-corrected chi connectivity index (χ2v) is 3.72. The lowest BCUT2D eigenvalue weighted by molar-refractivity contribution is -0.122. The number of esters is 1. The van der Waals surface area contributed by atoms with Crippen molar-refractivity contribution in [3.05, 3.63) is 29.8 Å². The Balaban J connectivity index is 2.51. The van der Waals surface area contributed by atoms with Gasteiger partial charge in [-0.3, -0.25) is 10.1 Å². The molecule has 0 saturated heterocycles. The van der Waals surface area contributed by atoms with Gasteiger partial charge < -0.3 is 14.8 Å². The molecule has 0 radical (unpaired) electrons. The number of carbonyl (C=O) groups is 3. The van der Waals surface area contributed by atoms with Crippen molar-refractivity contribution in [2.45, 2.75) is 6.92 Å². The molecule has 0 spiro atoms. The third kappa shape index (κ3) is 4.97. The molecule has 0 bridgehead atoms. The second kappa shape index (κ2) is 7.78. The van der Waals surface area contributed by atoms with Crippen LogP contribution in [0, 0.1) is 0 Å². The molecular formula is C13H16N2O5. The van der Waals surface area contributed by atoms with Crippen molar-refractivity contribution in [3.63, 3.8) is 0 Å². The largest absolute Gasteiger partial charge is 0.484 e. The Bertz CT molecular complexity index is 501. The van der Waals surface area contributed by atoms with E-state index in [-0.39, 0.29) is 6.61 Å². The summed E-state index contributed by atoms with van der Waals surface area (Å²) in [5.74, 6) is -0.749. The third-order valence-corrected chi connectivity index (χ3v) is 2.22. The van der Waals surface area contributed by atoms with Crippen LogP contribution in [0.2, 0.25) is 0 Å². The number of benzene rings is 1. The lowest BCUT2D eigenvalue weighted by atomic mass is 10.2. The van der Waals surface area contributed by atoms with Crippen LogP contribution in [0.15, 0.2) is 24.3 Å². The maximum absolute atomic E-state index is 11.4. The van der Waals surface area contributed by atoms with Crippen LogP contribution in [-0.4, -0.2) is 38.2 Å². The summed E-state index contributed by atoms with van der Waals surface area (Å²) < 4.78 is 9.75. The van der Waals surface area contributed by atoms with Gasteiger partial charge in [-0.2, -0.15) is 0 Å². The summed E-state index contributed by atoms with van der Waals surface area (Å²) in [5, 5.41) is 4.51. The molecule has 0 aliphatic heterocycles. The van der Waals surface area contributed by atoms with Crippen molar-refractivity contribution in [2.75, 3.05) is 20.3 Å². The number of amides is 3. The van der Waals surface area contributed by atoms with Crippen LogP contribution in [0.3, 0.4) is 0 Å². The van der Waals surface area contributed by atoms with E-state index in [4.69, 9.17) is 4.74 Å². The lowest BCUT2D eigenvalue weighted by Gasteiger charge is -2.08. The normalized spacial score (nSPS) is 9.50. The van der Waals surface area contributed by atoms with Crippen molar-refractivity contribution in [1.29, 1.82) is 0 Å². The van der Waals surface area contributed by atoms with Gasteiger partial charge in [0.1, 0.15) is 5.75 Å². The van der Waals surface area contributed by atoms with Crippen LogP contribution in [0.25, 0.3) is 0 Å². The first-order chi connectivity index (χ1) is 9.56. The zero-order valence-corrected chi connectivity index (χ0v) is 11.3. The number of carbonyl (C=O) groups excluding carboxylic acids is 3. The van der Waals surface area contributed by atoms with Gasteiger partial charge in [-0.15, -0.1) is 0 Å². The fraction of sp³-hybridized carbons (Fsp3) is 0.308. The van der Waals surface area contributed by atoms with E-state index in [1.165, 1.54) is 13.2 Å². The number of hydrogen-bond donors (Lipinski definition) is 2. The minimum Gasteiger partial charge on any atom is -0.484 e. The summed E-state index contributed by atoms with van der Waals surface area (Å²) in [7, 11) is 1.27. The molecule has 0 fully saturated rings. The summed E-state index contributed by atoms with van der Waals surface area (Å²) in [6, 6.07) is 5.62. The zero-order valence-electron chi connectivity index (χ0n) is 11.3. The monoisotopic (exact) mass is 280 g/mol. The Labute approximate surface area is 116 Å². The summed E-state index contributed by atoms with van der Waals surface area (Å²) in [4.78, 5) is 33.8. The van der Waals surface area contributed by atoms with E-state index in [1.807, 2.05) is 0 Å². The number of nitrogens with one attached hydrogen (secondary N) is 2. The molecule has 2 N–H and O–H groups in total. The third-order valence-electron chi connectivity index (χ3n) is 2.22. The number of hydrogen-bond acceptors (Lipinski definition) is 5. The van der Waals surface area contributed by atoms with Crippen molar-refractivity contribution in [2.24, 2.45) is 0 Å². The van der Waals surface area contributed by atoms with Crippen LogP contribution >= 0.6 is 0 Å². The van der Waals surface area contributed by atoms with E-state index < -0.39 is 17.9 Å². The van der Waals surface area contributed by atoms with Crippen LogP contribution in [0.5, 0.6) is 5.75 Å². The number of urea groups is 1. The standard InChI is InChI=1S/C13H16N2O5/c1-3-14-13(18)15-11(16)8-20-10-6-4-5-9(7-10)12(17)19-2/h4-7H,3,8H2,1-2H3,(H2,14,15,16,18). The molecule has 20 heavy (non-hydrogen) atoms. The molecule has 7 heteroatoms. The molecular weight excluding hydrogens is 264 g/mol. The van der Waals surface area contributed by atoms with Gasteiger partial charge in [0.15, 0.2) is 6.61 Å². The van der Waals surface area contributed by atoms with E-state index in [0.29, 0.717) is 17.9 Å². The molecule has 1 rings (SSSR count). The maximum Gasteiger partial charge on any atom is 0.337 e. The van der Waals surface area contributed by atoms with Crippen LogP contribution in [-0.2, 0) is 9.53 Å². The maximum atomic E-state index is 11.4. The molecule has 0 saturated carbocycles. The quantitative estimate of drug-likeness (QED) is 0.774. The number of rotatable bonds is 5. The molecule has 0 aliphatic rings. The van der Waals surface area contributed by atoms with Crippen molar-refractivity contribution in [1.82, 2.24) is 10.6 Å². The highest BCUT2D eigenvalue weighted by Gasteiger charge is 2.09. The predicted molar refractivity (Wildman–Crippen MR) is 70.5 cm³/mol. The predicted octanol–water partition coefficient (Wildman–Crippen LogP) is 0.698. The molecule has 0 heterocycles. The van der Waals surface area contributed by atoms with Crippen molar-refractivity contribution >= 4 is 17.9 Å². The molecule has 0 aliphatic carbocycles. The minimum atomic E-state index is -0.584. The highest BCUT2D eigenvalue weighted by molar-refractivity contribution is 5.95. The molecule has 0 unspecified atom stereocenters. The minimum absolute atomic E-state index is 0.314. The molecule has 0 atom stereocenters. The first-order valence-electron chi connectivity index (χ1n) is 5.95. The van der Waals surface area contributed by atoms with Gasteiger partial charge in [0.05, 0.1) is 12.7 Å². The van der Waals surface area contributed by atoms with Gasteiger partial charge >= 0.3 is 12.0 Å². The SMILES string of the molecule is CCNC(=O)NC(=O)COc1cccc(C(=O)OC)c1. The first-order valence-corrected chi connectivity index (χ1v) is 5.95. The van der Waals surface area contributed by atoms with Gasteiger partial charge in [-0.05, 0) is 25.1 Å². The van der Waals surface area contributed by atoms with E-state index in [0.717, 1.165) is 0 Å². The molecule has 1 aromatic rings. The Morgan fingerprint density at radius 3 is 2.65 bits per heavy atom. The number of imide groups is 1. The van der Waals surface area contributed by atoms with Crippen LogP contribution in [0.1, 0.15) is 17.3 Å². The zero-order chi connectivity index (χ0) is 15.0. The van der Waals surface area contributed by atoms with Crippen LogP contribution < -0.4 is 15.4 Å². The van der Waals surface area contributed by atoms with E-state index in [9.17, 15) is 14.4 Å². The number of ether oxygens (including phenoxy) is 2. The second-order valence-electron chi connectivity index (χ2n) is 3.72. The van der Waals surface area contributed by atoms with Gasteiger partial charge in [0.25, 0.3) is 5.91 Å². The fourth-order valence-electron chi connectivity index (χ4n) is 1.35. The molecule has 0 aromatic heterocycles. The van der Waals surface area contributed by atoms with E-state index in [1.54, 1.807) is 25.1 Å². The van der Waals surface area contributed by atoms with E-state index >= 15 is 0 Å². The lowest BCUT2D eigenvalue weighted by Crippen LogP contribution is -2.41. The van der Waals surface area contributed by atoms with Gasteiger partial charge in [-0.1, -0.05) is 6.07 Å². The highest BCUT2D eigenvalue weighted by atomic mass is 16.5. The summed E-state index contributed by atoms with van der Waals surface area (Å²) in [6.45, 7) is 1.82. The first kappa shape index (κ1) is 15.5. The number of methoxy groups -OCH3 is 1. The van der Waals surface area contributed by atoms with Crippen molar-refractivity contribution < 1.29 is 23.9 Å². The fourth-order valence-corrected chi connectivity index (χ4v) is 1.35. The molecule has 108 valence electrons. The molecule has 1 aromatic carbocycles. The molecule has 7 nitrogen and oxygen atoms in total. The Kier molecular flexibility index (Phi) is 6.02.